The average molecular weight is 414 g/mol. The van der Waals surface area contributed by atoms with Crippen molar-refractivity contribution in [1.29, 1.82) is 0 Å². The van der Waals surface area contributed by atoms with Gasteiger partial charge >= 0.3 is 0 Å². The predicted molar refractivity (Wildman–Crippen MR) is 100 cm³/mol. The number of halogens is 3. The number of allylic oxidation sites excluding steroid dienone is 1. The molecule has 1 aromatic carbocycles. The molecule has 0 saturated carbocycles. The Bertz CT molecular complexity index is 1000. The van der Waals surface area contributed by atoms with Crippen molar-refractivity contribution in [1.82, 2.24) is 4.90 Å². The van der Waals surface area contributed by atoms with Crippen LogP contribution < -0.4 is 5.73 Å². The van der Waals surface area contributed by atoms with Gasteiger partial charge in [-0.25, -0.2) is 22.2 Å². The first-order valence-corrected chi connectivity index (χ1v) is 10.8. The van der Waals surface area contributed by atoms with E-state index in [-0.39, 0.29) is 39.8 Å². The Kier molecular flexibility index (Phi) is 4.50. The molecule has 2 N–H and O–H groups in total. The molecule has 0 aromatic heterocycles. The number of benzene rings is 1. The Balaban J connectivity index is 1.87. The molecular formula is C18H18ClF2N3O2S. The summed E-state index contributed by atoms with van der Waals surface area (Å²) in [5.74, 6) is -1.54. The Labute approximate surface area is 161 Å². The molecule has 9 heteroatoms. The summed E-state index contributed by atoms with van der Waals surface area (Å²) in [5.41, 5.74) is 6.48. The third-order valence-corrected chi connectivity index (χ3v) is 7.07. The van der Waals surface area contributed by atoms with E-state index in [2.05, 4.69) is 11.1 Å². The van der Waals surface area contributed by atoms with Crippen molar-refractivity contribution in [2.24, 2.45) is 10.7 Å². The maximum Gasteiger partial charge on any atom is 0.156 e. The topological polar surface area (TPSA) is 75.8 Å². The molecule has 1 aromatic rings. The highest BCUT2D eigenvalue weighted by Crippen LogP contribution is 2.36. The number of nitrogens with two attached hydrogens (primary N) is 1. The van der Waals surface area contributed by atoms with Crippen LogP contribution in [0.4, 0.5) is 8.78 Å². The van der Waals surface area contributed by atoms with E-state index in [0.717, 1.165) is 25.0 Å². The molecular weight excluding hydrogens is 396 g/mol. The molecule has 144 valence electrons. The standard InChI is InChI=1S/C18H18ClF2N3O2S/c19-13-7-14(20)11(6-15(13)21)18-23-17(22)12-8-27(25,26)9-16(12)24(18)10-4-2-1-3-5-10/h1-2,6-7,10,16H,3-5,8-9,22H2. The smallest absolute Gasteiger partial charge is 0.156 e. The molecule has 4 rings (SSSR count). The van der Waals surface area contributed by atoms with Crippen molar-refractivity contribution in [3.8, 4) is 0 Å². The second kappa shape index (κ2) is 6.60. The molecule has 1 saturated heterocycles. The summed E-state index contributed by atoms with van der Waals surface area (Å²) in [6.45, 7) is 0. The molecule has 0 spiro atoms. The first kappa shape index (κ1) is 18.4. The molecule has 2 aliphatic heterocycles. The van der Waals surface area contributed by atoms with Crippen LogP contribution in [-0.2, 0) is 9.84 Å². The van der Waals surface area contributed by atoms with E-state index in [1.807, 2.05) is 11.0 Å². The monoisotopic (exact) mass is 413 g/mol. The van der Waals surface area contributed by atoms with Crippen molar-refractivity contribution in [2.45, 2.75) is 31.3 Å². The first-order chi connectivity index (χ1) is 12.8. The fourth-order valence-corrected chi connectivity index (χ4v) is 5.89. The van der Waals surface area contributed by atoms with Crippen LogP contribution >= 0.6 is 11.6 Å². The average Bonchev–Trinajstić information content (AvgIpc) is 2.94. The van der Waals surface area contributed by atoms with E-state index in [1.54, 1.807) is 0 Å². The maximum atomic E-state index is 14.6. The summed E-state index contributed by atoms with van der Waals surface area (Å²) in [4.78, 5) is 6.12. The zero-order chi connectivity index (χ0) is 19.3. The third-order valence-electron chi connectivity index (χ3n) is 5.21. The zero-order valence-electron chi connectivity index (χ0n) is 14.3. The van der Waals surface area contributed by atoms with Crippen molar-refractivity contribution in [2.75, 3.05) is 11.5 Å². The summed E-state index contributed by atoms with van der Waals surface area (Å²) >= 11 is 5.67. The maximum absolute atomic E-state index is 14.6. The Morgan fingerprint density at radius 1 is 1.22 bits per heavy atom. The van der Waals surface area contributed by atoms with Crippen molar-refractivity contribution in [3.05, 3.63) is 57.9 Å². The van der Waals surface area contributed by atoms with Crippen LogP contribution in [0.25, 0.3) is 0 Å². The van der Waals surface area contributed by atoms with Crippen LogP contribution in [-0.4, -0.2) is 42.7 Å². The Hall–Kier alpha value is -1.93. The highest BCUT2D eigenvalue weighted by Gasteiger charge is 2.45. The van der Waals surface area contributed by atoms with Crippen molar-refractivity contribution >= 4 is 27.3 Å². The van der Waals surface area contributed by atoms with Gasteiger partial charge < -0.3 is 10.6 Å². The Morgan fingerprint density at radius 2 is 2.00 bits per heavy atom. The summed E-state index contributed by atoms with van der Waals surface area (Å²) in [6, 6.07) is 1.30. The zero-order valence-corrected chi connectivity index (χ0v) is 15.9. The molecule has 2 unspecified atom stereocenters. The van der Waals surface area contributed by atoms with Gasteiger partial charge in [-0.3, -0.25) is 0 Å². The largest absolute Gasteiger partial charge is 0.384 e. The molecule has 1 fully saturated rings. The number of rotatable bonds is 2. The molecule has 2 heterocycles. The van der Waals surface area contributed by atoms with Gasteiger partial charge in [0, 0.05) is 11.6 Å². The van der Waals surface area contributed by atoms with E-state index < -0.39 is 27.5 Å². The molecule has 1 aliphatic carbocycles. The third kappa shape index (κ3) is 3.25. The molecule has 3 aliphatic rings. The molecule has 5 nitrogen and oxygen atoms in total. The number of aliphatic imine (C=N–C) groups is 1. The van der Waals surface area contributed by atoms with E-state index in [1.165, 1.54) is 0 Å². The van der Waals surface area contributed by atoms with E-state index in [9.17, 15) is 17.2 Å². The van der Waals surface area contributed by atoms with Gasteiger partial charge in [0.1, 0.15) is 23.3 Å². The van der Waals surface area contributed by atoms with Crippen LogP contribution in [0.15, 0.2) is 40.7 Å². The molecule has 0 bridgehead atoms. The minimum Gasteiger partial charge on any atom is -0.384 e. The van der Waals surface area contributed by atoms with Gasteiger partial charge in [-0.05, 0) is 31.4 Å². The SMILES string of the molecule is NC1=C2CS(=O)(=O)CC2N(C2CC=CCC2)C(c2cc(F)c(Cl)cc2F)=N1. The number of nitrogens with zero attached hydrogens (tertiary/aromatic N) is 2. The number of hydrogen-bond donors (Lipinski definition) is 1. The number of fused-ring (bicyclic) bond motifs is 1. The minimum atomic E-state index is -3.32. The predicted octanol–water partition coefficient (Wildman–Crippen LogP) is 2.76. The fourth-order valence-electron chi connectivity index (χ4n) is 3.97. The van der Waals surface area contributed by atoms with Gasteiger partial charge in [-0.1, -0.05) is 23.8 Å². The summed E-state index contributed by atoms with van der Waals surface area (Å²) in [7, 11) is -3.32. The molecule has 27 heavy (non-hydrogen) atoms. The van der Waals surface area contributed by atoms with E-state index >= 15 is 0 Å². The Morgan fingerprint density at radius 3 is 2.70 bits per heavy atom. The normalized spacial score (nSPS) is 26.9. The minimum absolute atomic E-state index is 0.0634. The lowest BCUT2D eigenvalue weighted by Gasteiger charge is -2.42. The van der Waals surface area contributed by atoms with Crippen molar-refractivity contribution < 1.29 is 17.2 Å². The van der Waals surface area contributed by atoms with E-state index in [4.69, 9.17) is 17.3 Å². The van der Waals surface area contributed by atoms with E-state index in [0.29, 0.717) is 12.0 Å². The number of sulfone groups is 1. The first-order valence-electron chi connectivity index (χ1n) is 8.63. The van der Waals surface area contributed by atoms with Crippen LogP contribution in [0.2, 0.25) is 5.02 Å². The fraction of sp³-hybridized carbons (Fsp3) is 0.389. The summed E-state index contributed by atoms with van der Waals surface area (Å²) < 4.78 is 53.2. The number of hydrogen-bond acceptors (Lipinski definition) is 5. The van der Waals surface area contributed by atoms with Gasteiger partial charge in [0.05, 0.1) is 28.1 Å². The van der Waals surface area contributed by atoms with Crippen LogP contribution in [0, 0.1) is 11.6 Å². The lowest BCUT2D eigenvalue weighted by molar-refractivity contribution is 0.255. The quantitative estimate of drug-likeness (QED) is 0.597. The number of amidine groups is 1. The van der Waals surface area contributed by atoms with Gasteiger partial charge in [0.25, 0.3) is 0 Å². The lowest BCUT2D eigenvalue weighted by Crippen LogP contribution is -2.51. The van der Waals surface area contributed by atoms with Gasteiger partial charge in [-0.2, -0.15) is 0 Å². The second-order valence-corrected chi connectivity index (χ2v) is 9.52. The van der Waals surface area contributed by atoms with Gasteiger partial charge in [-0.15, -0.1) is 0 Å². The second-order valence-electron chi connectivity index (χ2n) is 7.01. The molecule has 0 radical (unpaired) electrons. The lowest BCUT2D eigenvalue weighted by atomic mass is 9.94. The van der Waals surface area contributed by atoms with Crippen LogP contribution in [0.5, 0.6) is 0 Å². The van der Waals surface area contributed by atoms with Gasteiger partial charge in [0.2, 0.25) is 0 Å². The van der Waals surface area contributed by atoms with Gasteiger partial charge in [0.15, 0.2) is 9.84 Å². The van der Waals surface area contributed by atoms with Crippen LogP contribution in [0.1, 0.15) is 24.8 Å². The highest BCUT2D eigenvalue weighted by molar-refractivity contribution is 7.92. The molecule has 2 atom stereocenters. The summed E-state index contributed by atoms with van der Waals surface area (Å²) in [5, 5.41) is -0.326. The van der Waals surface area contributed by atoms with Crippen LogP contribution in [0.3, 0.4) is 0 Å². The van der Waals surface area contributed by atoms with Crippen molar-refractivity contribution in [3.63, 3.8) is 0 Å². The summed E-state index contributed by atoms with van der Waals surface area (Å²) in [6.07, 6.45) is 6.31. The molecule has 0 amide bonds. The highest BCUT2D eigenvalue weighted by atomic mass is 35.5.